The van der Waals surface area contributed by atoms with Crippen LogP contribution in [-0.2, 0) is 12.8 Å². The van der Waals surface area contributed by atoms with Crippen LogP contribution in [-0.4, -0.2) is 0 Å². The summed E-state index contributed by atoms with van der Waals surface area (Å²) in [6, 6.07) is 23.8. The smallest absolute Gasteiger partial charge is 0.00605 e. The predicted octanol–water partition coefficient (Wildman–Crippen LogP) is 6.52. The van der Waals surface area contributed by atoms with E-state index >= 15 is 0 Å². The highest BCUT2D eigenvalue weighted by Crippen LogP contribution is 2.28. The zero-order valence-electron chi connectivity index (χ0n) is 14.4. The fourth-order valence-electron chi connectivity index (χ4n) is 3.61. The summed E-state index contributed by atoms with van der Waals surface area (Å²) in [5, 5.41) is 2.64. The first-order valence-electron chi connectivity index (χ1n) is 8.89. The lowest BCUT2D eigenvalue weighted by atomic mass is 9.97. The van der Waals surface area contributed by atoms with Gasteiger partial charge < -0.3 is 0 Å². The topological polar surface area (TPSA) is 0 Å². The molecule has 25 heavy (non-hydrogen) atoms. The molecule has 0 fully saturated rings. The van der Waals surface area contributed by atoms with E-state index in [1.54, 1.807) is 0 Å². The van der Waals surface area contributed by atoms with Crippen molar-refractivity contribution < 1.29 is 0 Å². The first kappa shape index (κ1) is 15.7. The van der Waals surface area contributed by atoms with Gasteiger partial charge in [-0.25, -0.2) is 0 Å². The van der Waals surface area contributed by atoms with Crippen LogP contribution in [0, 0.1) is 0 Å². The van der Waals surface area contributed by atoms with Crippen molar-refractivity contribution in [1.82, 2.24) is 0 Å². The lowest BCUT2D eigenvalue weighted by Gasteiger charge is -2.08. The second-order valence-corrected chi connectivity index (χ2v) is 6.69. The molecule has 0 heteroatoms. The number of hydrogen-bond donors (Lipinski definition) is 0. The minimum Gasteiger partial charge on any atom is -0.0992 e. The second-order valence-electron chi connectivity index (χ2n) is 6.69. The van der Waals surface area contributed by atoms with E-state index in [2.05, 4.69) is 91.5 Å². The molecule has 0 nitrogen and oxygen atoms in total. The van der Waals surface area contributed by atoms with Crippen LogP contribution in [0.3, 0.4) is 0 Å². The van der Waals surface area contributed by atoms with Crippen LogP contribution in [0.5, 0.6) is 0 Å². The molecule has 0 saturated carbocycles. The highest BCUT2D eigenvalue weighted by Gasteiger charge is 2.10. The molecule has 0 atom stereocenters. The molecule has 0 unspecified atom stereocenters. The van der Waals surface area contributed by atoms with Crippen molar-refractivity contribution in [2.75, 3.05) is 0 Å². The number of hydrogen-bond acceptors (Lipinski definition) is 0. The Labute approximate surface area is 149 Å². The van der Waals surface area contributed by atoms with E-state index in [0.29, 0.717) is 0 Å². The minimum absolute atomic E-state index is 0.919. The van der Waals surface area contributed by atoms with Crippen molar-refractivity contribution in [2.24, 2.45) is 0 Å². The Morgan fingerprint density at radius 1 is 0.920 bits per heavy atom. The summed E-state index contributed by atoms with van der Waals surface area (Å²) in [7, 11) is 0. The van der Waals surface area contributed by atoms with E-state index in [9.17, 15) is 0 Å². The zero-order chi connectivity index (χ0) is 17.1. The van der Waals surface area contributed by atoms with Gasteiger partial charge in [0.05, 0.1) is 0 Å². The van der Waals surface area contributed by atoms with Gasteiger partial charge >= 0.3 is 0 Å². The molecule has 0 spiro atoms. The number of fused-ring (bicyclic) bond motifs is 2. The Balaban J connectivity index is 1.43. The van der Waals surface area contributed by atoms with Gasteiger partial charge in [-0.15, -0.1) is 0 Å². The van der Waals surface area contributed by atoms with E-state index in [-0.39, 0.29) is 0 Å². The Hall–Kier alpha value is -2.86. The SMILES string of the molecule is C=C(C/C=C/C1=CCc2ccccc21)Cc1cccc2ccccc12. The molecule has 0 radical (unpaired) electrons. The molecule has 122 valence electrons. The number of benzene rings is 3. The summed E-state index contributed by atoms with van der Waals surface area (Å²) in [4.78, 5) is 0. The predicted molar refractivity (Wildman–Crippen MR) is 109 cm³/mol. The fraction of sp³-hybridized carbons (Fsp3) is 0.120. The molecule has 0 amide bonds. The van der Waals surface area contributed by atoms with E-state index in [0.717, 1.165) is 19.3 Å². The largest absolute Gasteiger partial charge is 0.0992 e. The first-order valence-corrected chi connectivity index (χ1v) is 8.89. The lowest BCUT2D eigenvalue weighted by molar-refractivity contribution is 1.09. The maximum absolute atomic E-state index is 4.29. The van der Waals surface area contributed by atoms with Crippen molar-refractivity contribution in [2.45, 2.75) is 19.3 Å². The van der Waals surface area contributed by atoms with E-state index in [4.69, 9.17) is 0 Å². The minimum atomic E-state index is 0.919. The molecule has 0 aromatic heterocycles. The van der Waals surface area contributed by atoms with Gasteiger partial charge in [0.2, 0.25) is 0 Å². The maximum atomic E-state index is 4.29. The van der Waals surface area contributed by atoms with Gasteiger partial charge in [-0.2, -0.15) is 0 Å². The molecular formula is C25H22. The van der Waals surface area contributed by atoms with Crippen LogP contribution in [0.4, 0.5) is 0 Å². The fourth-order valence-corrected chi connectivity index (χ4v) is 3.61. The molecule has 4 rings (SSSR count). The molecule has 0 bridgehead atoms. The molecule has 3 aromatic rings. The summed E-state index contributed by atoms with van der Waals surface area (Å²) in [6.45, 7) is 4.29. The standard InChI is InChI=1S/C25H22/c1-19(18-23-13-7-12-20-9-2-5-15-25(20)23)8-6-11-22-17-16-21-10-3-4-14-24(21)22/h2-7,9-15,17H,1,8,16,18H2/b11-6+. The van der Waals surface area contributed by atoms with Crippen LogP contribution in [0.2, 0.25) is 0 Å². The first-order chi connectivity index (χ1) is 12.3. The van der Waals surface area contributed by atoms with Crippen molar-refractivity contribution in [3.63, 3.8) is 0 Å². The van der Waals surface area contributed by atoms with Gasteiger partial charge in [0, 0.05) is 0 Å². The third-order valence-electron chi connectivity index (χ3n) is 4.89. The number of rotatable bonds is 5. The van der Waals surface area contributed by atoms with Crippen LogP contribution in [0.25, 0.3) is 16.3 Å². The van der Waals surface area contributed by atoms with Crippen molar-refractivity contribution in [1.29, 1.82) is 0 Å². The maximum Gasteiger partial charge on any atom is -0.00605 e. The molecular weight excluding hydrogens is 300 g/mol. The van der Waals surface area contributed by atoms with Gasteiger partial charge in [-0.3, -0.25) is 0 Å². The van der Waals surface area contributed by atoms with Gasteiger partial charge in [0.25, 0.3) is 0 Å². The summed E-state index contributed by atoms with van der Waals surface area (Å²) >= 11 is 0. The quantitative estimate of drug-likeness (QED) is 0.469. The average Bonchev–Trinajstić information content (AvgIpc) is 3.05. The van der Waals surface area contributed by atoms with E-state index in [1.807, 2.05) is 0 Å². The van der Waals surface area contributed by atoms with Crippen LogP contribution in [0.15, 0.2) is 97.1 Å². The van der Waals surface area contributed by atoms with Gasteiger partial charge in [-0.1, -0.05) is 97.1 Å². The van der Waals surface area contributed by atoms with Crippen LogP contribution >= 0.6 is 0 Å². The van der Waals surface area contributed by atoms with Gasteiger partial charge in [0.15, 0.2) is 0 Å². The third kappa shape index (κ3) is 3.34. The number of allylic oxidation sites excluding steroid dienone is 5. The average molecular weight is 322 g/mol. The second kappa shape index (κ2) is 6.94. The van der Waals surface area contributed by atoms with Gasteiger partial charge in [-0.05, 0) is 52.3 Å². The Kier molecular flexibility index (Phi) is 4.35. The van der Waals surface area contributed by atoms with Crippen molar-refractivity contribution in [3.05, 3.63) is 114 Å². The summed E-state index contributed by atoms with van der Waals surface area (Å²) in [5.41, 5.74) is 6.75. The highest BCUT2D eigenvalue weighted by molar-refractivity contribution is 5.86. The summed E-state index contributed by atoms with van der Waals surface area (Å²) < 4.78 is 0. The molecule has 0 aliphatic heterocycles. The zero-order valence-corrected chi connectivity index (χ0v) is 14.4. The van der Waals surface area contributed by atoms with E-state index in [1.165, 1.54) is 38.6 Å². The van der Waals surface area contributed by atoms with Crippen molar-refractivity contribution >= 4 is 16.3 Å². The van der Waals surface area contributed by atoms with Gasteiger partial charge in [0.1, 0.15) is 0 Å². The summed E-state index contributed by atoms with van der Waals surface area (Å²) in [6.07, 6.45) is 9.72. The Bertz CT molecular complexity index is 980. The molecule has 1 aliphatic rings. The van der Waals surface area contributed by atoms with Crippen molar-refractivity contribution in [3.8, 4) is 0 Å². The normalized spacial score (nSPS) is 13.2. The van der Waals surface area contributed by atoms with E-state index < -0.39 is 0 Å². The molecule has 1 aliphatic carbocycles. The molecule has 0 N–H and O–H groups in total. The molecule has 3 aromatic carbocycles. The monoisotopic (exact) mass is 322 g/mol. The van der Waals surface area contributed by atoms with Crippen LogP contribution < -0.4 is 0 Å². The third-order valence-corrected chi connectivity index (χ3v) is 4.89. The molecule has 0 heterocycles. The Morgan fingerprint density at radius 2 is 1.72 bits per heavy atom. The lowest BCUT2D eigenvalue weighted by Crippen LogP contribution is -1.90. The highest BCUT2D eigenvalue weighted by atomic mass is 14.1. The Morgan fingerprint density at radius 3 is 2.68 bits per heavy atom. The summed E-state index contributed by atoms with van der Waals surface area (Å²) in [5.74, 6) is 0. The van der Waals surface area contributed by atoms with Crippen LogP contribution in [0.1, 0.15) is 23.1 Å². The molecule has 0 saturated heterocycles.